The molecule has 0 spiro atoms. The summed E-state index contributed by atoms with van der Waals surface area (Å²) in [6.45, 7) is 0. The Morgan fingerprint density at radius 2 is 2.12 bits per heavy atom. The second-order valence-electron chi connectivity index (χ2n) is 3.23. The fraction of sp³-hybridized carbons (Fsp3) is 0. The number of nitrogens with zero attached hydrogens (tertiary/aromatic N) is 1. The van der Waals surface area contributed by atoms with Gasteiger partial charge in [-0.1, -0.05) is 15.9 Å². The summed E-state index contributed by atoms with van der Waals surface area (Å²) in [6.07, 6.45) is 1.21. The highest BCUT2D eigenvalue weighted by atomic mass is 79.9. The molecule has 0 saturated carbocycles. The van der Waals surface area contributed by atoms with Gasteiger partial charge in [-0.15, -0.1) is 0 Å². The molecule has 0 unspecified atom stereocenters. The van der Waals surface area contributed by atoms with Crippen molar-refractivity contribution in [3.8, 4) is 11.6 Å². The first-order chi connectivity index (χ1) is 8.08. The van der Waals surface area contributed by atoms with E-state index in [1.165, 1.54) is 6.33 Å². The molecular weight excluding hydrogens is 288 g/mol. The average Bonchev–Trinajstić information content (AvgIpc) is 2.28. The van der Waals surface area contributed by atoms with Gasteiger partial charge in [-0.25, -0.2) is 4.98 Å². The molecule has 0 atom stereocenters. The minimum absolute atomic E-state index is 0.0303. The number of nitrogen functional groups attached to an aromatic ring is 2. The van der Waals surface area contributed by atoms with Crippen LogP contribution in [0.15, 0.2) is 33.8 Å². The zero-order chi connectivity index (χ0) is 12.4. The van der Waals surface area contributed by atoms with Gasteiger partial charge in [0.05, 0.1) is 12.0 Å². The van der Waals surface area contributed by atoms with E-state index in [9.17, 15) is 4.79 Å². The quantitative estimate of drug-likeness (QED) is 0.728. The van der Waals surface area contributed by atoms with Gasteiger partial charge in [-0.3, -0.25) is 4.79 Å². The van der Waals surface area contributed by atoms with Crippen LogP contribution < -0.4 is 21.8 Å². The van der Waals surface area contributed by atoms with Crippen LogP contribution in [0.1, 0.15) is 0 Å². The van der Waals surface area contributed by atoms with E-state index < -0.39 is 5.56 Å². The van der Waals surface area contributed by atoms with Crippen LogP contribution >= 0.6 is 15.9 Å². The van der Waals surface area contributed by atoms with Gasteiger partial charge in [-0.05, 0) is 18.2 Å². The van der Waals surface area contributed by atoms with E-state index in [1.807, 2.05) is 0 Å². The summed E-state index contributed by atoms with van der Waals surface area (Å²) in [5.41, 5.74) is 11.2. The lowest BCUT2D eigenvalue weighted by Gasteiger charge is -2.08. The number of anilines is 2. The second kappa shape index (κ2) is 4.46. The molecule has 0 amide bonds. The molecule has 6 nitrogen and oxygen atoms in total. The topological polar surface area (TPSA) is 107 Å². The molecule has 1 heterocycles. The van der Waals surface area contributed by atoms with Gasteiger partial charge in [0, 0.05) is 4.47 Å². The Balaban J connectivity index is 2.38. The number of halogens is 1. The van der Waals surface area contributed by atoms with Crippen molar-refractivity contribution in [3.63, 3.8) is 0 Å². The summed E-state index contributed by atoms with van der Waals surface area (Å²) in [6, 6.07) is 5.09. The highest BCUT2D eigenvalue weighted by Gasteiger charge is 2.09. The lowest BCUT2D eigenvalue weighted by atomic mass is 10.3. The van der Waals surface area contributed by atoms with Crippen molar-refractivity contribution in [1.29, 1.82) is 0 Å². The molecule has 0 saturated heterocycles. The highest BCUT2D eigenvalue weighted by molar-refractivity contribution is 9.10. The first kappa shape index (κ1) is 11.5. The van der Waals surface area contributed by atoms with E-state index in [0.29, 0.717) is 11.4 Å². The maximum Gasteiger partial charge on any atom is 0.277 e. The Morgan fingerprint density at radius 3 is 2.82 bits per heavy atom. The van der Waals surface area contributed by atoms with Crippen LogP contribution in [0.2, 0.25) is 0 Å². The molecule has 0 aliphatic rings. The number of nitrogens with two attached hydrogens (primary N) is 2. The van der Waals surface area contributed by atoms with Gasteiger partial charge in [0.1, 0.15) is 0 Å². The van der Waals surface area contributed by atoms with E-state index in [0.717, 1.165) is 4.47 Å². The van der Waals surface area contributed by atoms with E-state index in [1.54, 1.807) is 18.2 Å². The van der Waals surface area contributed by atoms with Gasteiger partial charge >= 0.3 is 0 Å². The van der Waals surface area contributed by atoms with Gasteiger partial charge in [0.25, 0.3) is 5.56 Å². The zero-order valence-corrected chi connectivity index (χ0v) is 10.2. The minimum Gasteiger partial charge on any atom is -0.435 e. The summed E-state index contributed by atoms with van der Waals surface area (Å²) >= 11 is 3.28. The molecule has 17 heavy (non-hydrogen) atoms. The van der Waals surface area contributed by atoms with Crippen LogP contribution in [0.3, 0.4) is 0 Å². The van der Waals surface area contributed by atoms with Crippen molar-refractivity contribution < 1.29 is 4.74 Å². The molecule has 88 valence electrons. The molecule has 0 aliphatic heterocycles. The van der Waals surface area contributed by atoms with Crippen molar-refractivity contribution in [3.05, 3.63) is 39.4 Å². The predicted octanol–water partition coefficient (Wildman–Crippen LogP) is 1.49. The number of rotatable bonds is 2. The van der Waals surface area contributed by atoms with Crippen molar-refractivity contribution >= 4 is 27.3 Å². The predicted molar refractivity (Wildman–Crippen MR) is 67.9 cm³/mol. The third-order valence-corrected chi connectivity index (χ3v) is 2.52. The molecule has 1 aromatic heterocycles. The van der Waals surface area contributed by atoms with Crippen LogP contribution in [0.25, 0.3) is 0 Å². The minimum atomic E-state index is -0.453. The fourth-order valence-corrected chi connectivity index (χ4v) is 1.57. The summed E-state index contributed by atoms with van der Waals surface area (Å²) in [4.78, 5) is 17.4. The summed E-state index contributed by atoms with van der Waals surface area (Å²) in [7, 11) is 0. The second-order valence-corrected chi connectivity index (χ2v) is 4.15. The Kier molecular flexibility index (Phi) is 3.01. The number of H-pyrrole nitrogens is 1. The van der Waals surface area contributed by atoms with E-state index in [2.05, 4.69) is 25.9 Å². The van der Waals surface area contributed by atoms with Gasteiger partial charge in [0.15, 0.2) is 11.4 Å². The first-order valence-electron chi connectivity index (χ1n) is 4.64. The summed E-state index contributed by atoms with van der Waals surface area (Å²) in [5, 5.41) is 0. The molecule has 0 fully saturated rings. The largest absolute Gasteiger partial charge is 0.435 e. The van der Waals surface area contributed by atoms with Gasteiger partial charge in [-0.2, -0.15) is 0 Å². The average molecular weight is 297 g/mol. The maximum absolute atomic E-state index is 11.2. The van der Waals surface area contributed by atoms with Gasteiger partial charge in [0.2, 0.25) is 5.88 Å². The number of benzene rings is 1. The van der Waals surface area contributed by atoms with Crippen LogP contribution in [0.4, 0.5) is 11.4 Å². The first-order valence-corrected chi connectivity index (χ1v) is 5.43. The molecule has 2 aromatic rings. The van der Waals surface area contributed by atoms with Crippen molar-refractivity contribution in [1.82, 2.24) is 9.97 Å². The lowest BCUT2D eigenvalue weighted by molar-refractivity contribution is 0.465. The fourth-order valence-electron chi connectivity index (χ4n) is 1.19. The SMILES string of the molecule is Nc1cc(Br)ccc1Oc1nc[nH]c(=O)c1N. The standard InChI is InChI=1S/C10H9BrN4O2/c11-5-1-2-7(6(12)3-5)17-10-8(13)9(16)14-4-15-10/h1-4H,12-13H2,(H,14,15,16). The Bertz CT molecular complexity index is 611. The molecule has 0 radical (unpaired) electrons. The zero-order valence-electron chi connectivity index (χ0n) is 8.61. The smallest absolute Gasteiger partial charge is 0.277 e. The third kappa shape index (κ3) is 2.39. The molecule has 7 heteroatoms. The van der Waals surface area contributed by atoms with Gasteiger partial charge < -0.3 is 21.2 Å². The van der Waals surface area contributed by atoms with Crippen molar-refractivity contribution in [2.24, 2.45) is 0 Å². The molecule has 5 N–H and O–H groups in total. The maximum atomic E-state index is 11.2. The Hall–Kier alpha value is -2.02. The number of aromatic amines is 1. The van der Waals surface area contributed by atoms with E-state index >= 15 is 0 Å². The molecule has 2 rings (SSSR count). The van der Waals surface area contributed by atoms with Crippen LogP contribution in [-0.4, -0.2) is 9.97 Å². The molecule has 0 bridgehead atoms. The van der Waals surface area contributed by atoms with Crippen molar-refractivity contribution in [2.45, 2.75) is 0 Å². The number of hydrogen-bond donors (Lipinski definition) is 3. The van der Waals surface area contributed by atoms with E-state index in [-0.39, 0.29) is 11.6 Å². The molecule has 0 aliphatic carbocycles. The number of nitrogens with one attached hydrogen (secondary N) is 1. The molecular formula is C10H9BrN4O2. The number of aromatic nitrogens is 2. The number of hydrogen-bond acceptors (Lipinski definition) is 5. The molecule has 1 aromatic carbocycles. The number of ether oxygens (including phenoxy) is 1. The monoisotopic (exact) mass is 296 g/mol. The Labute approximate surface area is 105 Å². The van der Waals surface area contributed by atoms with Crippen LogP contribution in [0.5, 0.6) is 11.6 Å². The summed E-state index contributed by atoms with van der Waals surface area (Å²) in [5.74, 6) is 0.417. The van der Waals surface area contributed by atoms with Crippen LogP contribution in [-0.2, 0) is 0 Å². The normalized spacial score (nSPS) is 10.2. The van der Waals surface area contributed by atoms with E-state index in [4.69, 9.17) is 16.2 Å². The highest BCUT2D eigenvalue weighted by Crippen LogP contribution is 2.29. The van der Waals surface area contributed by atoms with Crippen LogP contribution in [0, 0.1) is 0 Å². The third-order valence-electron chi connectivity index (χ3n) is 2.03. The van der Waals surface area contributed by atoms with Crippen molar-refractivity contribution in [2.75, 3.05) is 11.5 Å². The summed E-state index contributed by atoms with van der Waals surface area (Å²) < 4.78 is 6.20. The lowest BCUT2D eigenvalue weighted by Crippen LogP contribution is -2.13. The Morgan fingerprint density at radius 1 is 1.35 bits per heavy atom.